The Bertz CT molecular complexity index is 567. The summed E-state index contributed by atoms with van der Waals surface area (Å²) in [6.07, 6.45) is 0.790. The van der Waals surface area contributed by atoms with Crippen LogP contribution in [0.25, 0.3) is 0 Å². The molecule has 1 unspecified atom stereocenters. The molecule has 0 aliphatic heterocycles. The molecule has 2 rings (SSSR count). The molecule has 2 aromatic carbocycles. The average molecular weight is 301 g/mol. The minimum Gasteiger partial charge on any atom is -0.457 e. The van der Waals surface area contributed by atoms with Gasteiger partial charge in [-0.15, -0.1) is 0 Å². The Kier molecular flexibility index (Phi) is 5.69. The van der Waals surface area contributed by atoms with E-state index in [9.17, 15) is 4.79 Å². The maximum atomic E-state index is 11.4. The van der Waals surface area contributed by atoms with E-state index < -0.39 is 0 Å². The van der Waals surface area contributed by atoms with E-state index in [1.807, 2.05) is 54.6 Å². The number of rotatable bonds is 6. The van der Waals surface area contributed by atoms with Crippen molar-refractivity contribution < 1.29 is 9.53 Å². The summed E-state index contributed by atoms with van der Waals surface area (Å²) in [6, 6.07) is 17.6. The summed E-state index contributed by atoms with van der Waals surface area (Å²) in [5.74, 6) is 1.58. The summed E-state index contributed by atoms with van der Waals surface area (Å²) in [5, 5.41) is 2.57. The molecule has 0 fully saturated rings. The summed E-state index contributed by atoms with van der Waals surface area (Å²) >= 11 is 4.09. The van der Waals surface area contributed by atoms with E-state index in [0.717, 1.165) is 23.5 Å². The highest BCUT2D eigenvalue weighted by atomic mass is 32.1. The molecule has 1 amide bonds. The van der Waals surface area contributed by atoms with Crippen LogP contribution in [0.1, 0.15) is 12.5 Å². The van der Waals surface area contributed by atoms with Crippen LogP contribution in [0.15, 0.2) is 54.6 Å². The maximum absolute atomic E-state index is 11.4. The molecular weight excluding hydrogens is 282 g/mol. The number of ether oxygens (including phenoxy) is 1. The predicted octanol–water partition coefficient (Wildman–Crippen LogP) is 3.46. The van der Waals surface area contributed by atoms with Crippen molar-refractivity contribution in [1.82, 2.24) is 5.32 Å². The van der Waals surface area contributed by atoms with Crippen LogP contribution in [0, 0.1) is 0 Å². The summed E-state index contributed by atoms with van der Waals surface area (Å²) < 4.78 is 5.73. The summed E-state index contributed by atoms with van der Waals surface area (Å²) in [7, 11) is 0. The lowest BCUT2D eigenvalue weighted by Gasteiger charge is -2.08. The van der Waals surface area contributed by atoms with E-state index in [-0.39, 0.29) is 11.2 Å². The van der Waals surface area contributed by atoms with E-state index in [2.05, 4.69) is 17.9 Å². The van der Waals surface area contributed by atoms with Gasteiger partial charge in [-0.2, -0.15) is 12.6 Å². The number of hydrogen-bond acceptors (Lipinski definition) is 3. The fraction of sp³-hybridized carbons (Fsp3) is 0.235. The van der Waals surface area contributed by atoms with Gasteiger partial charge in [0.1, 0.15) is 11.5 Å². The van der Waals surface area contributed by atoms with Gasteiger partial charge in [0.25, 0.3) is 0 Å². The lowest BCUT2D eigenvalue weighted by Crippen LogP contribution is -2.31. The zero-order valence-corrected chi connectivity index (χ0v) is 12.8. The second-order valence-corrected chi connectivity index (χ2v) is 5.55. The van der Waals surface area contributed by atoms with Crippen LogP contribution in [0.3, 0.4) is 0 Å². The van der Waals surface area contributed by atoms with Gasteiger partial charge in [0.2, 0.25) is 5.91 Å². The Morgan fingerprint density at radius 1 is 1.10 bits per heavy atom. The standard InChI is InChI=1S/C17H19NO2S/c1-13(21)17(19)18-12-11-14-7-9-16(10-8-14)20-15-5-3-2-4-6-15/h2-10,13,21H,11-12H2,1H3,(H,18,19). The second-order valence-electron chi connectivity index (χ2n) is 4.78. The molecule has 0 aromatic heterocycles. The Hall–Kier alpha value is -1.94. The summed E-state index contributed by atoms with van der Waals surface area (Å²) in [6.45, 7) is 2.37. The molecule has 0 aliphatic carbocycles. The number of para-hydroxylation sites is 1. The fourth-order valence-electron chi connectivity index (χ4n) is 1.83. The normalized spacial score (nSPS) is 11.7. The molecule has 0 bridgehead atoms. The predicted molar refractivity (Wildman–Crippen MR) is 88.1 cm³/mol. The van der Waals surface area contributed by atoms with Gasteiger partial charge in [0, 0.05) is 6.54 Å². The van der Waals surface area contributed by atoms with E-state index >= 15 is 0 Å². The number of thiol groups is 1. The number of carbonyl (C=O) groups excluding carboxylic acids is 1. The van der Waals surface area contributed by atoms with Gasteiger partial charge >= 0.3 is 0 Å². The number of benzene rings is 2. The minimum atomic E-state index is -0.272. The zero-order valence-electron chi connectivity index (χ0n) is 12.0. The van der Waals surface area contributed by atoms with Gasteiger partial charge in [-0.25, -0.2) is 0 Å². The van der Waals surface area contributed by atoms with E-state index in [4.69, 9.17) is 4.74 Å². The molecule has 2 aromatic rings. The largest absolute Gasteiger partial charge is 0.457 e. The van der Waals surface area contributed by atoms with E-state index in [1.54, 1.807) is 6.92 Å². The molecule has 0 heterocycles. The Morgan fingerprint density at radius 2 is 1.71 bits per heavy atom. The molecule has 4 heteroatoms. The van der Waals surface area contributed by atoms with Gasteiger partial charge in [-0.1, -0.05) is 30.3 Å². The first-order valence-corrected chi connectivity index (χ1v) is 7.44. The summed E-state index contributed by atoms with van der Waals surface area (Å²) in [5.41, 5.74) is 1.16. The molecule has 0 saturated heterocycles. The van der Waals surface area contributed by atoms with Crippen molar-refractivity contribution in [3.05, 3.63) is 60.2 Å². The van der Waals surface area contributed by atoms with Crippen molar-refractivity contribution in [2.45, 2.75) is 18.6 Å². The van der Waals surface area contributed by atoms with Crippen LogP contribution in [-0.4, -0.2) is 17.7 Å². The maximum Gasteiger partial charge on any atom is 0.232 e. The third kappa shape index (κ3) is 5.16. The van der Waals surface area contributed by atoms with E-state index in [1.165, 1.54) is 0 Å². The lowest BCUT2D eigenvalue weighted by atomic mass is 10.1. The van der Waals surface area contributed by atoms with Crippen molar-refractivity contribution in [3.8, 4) is 11.5 Å². The number of amides is 1. The van der Waals surface area contributed by atoms with Gasteiger partial charge in [-0.3, -0.25) is 4.79 Å². The topological polar surface area (TPSA) is 38.3 Å². The Balaban J connectivity index is 1.83. The Labute approximate surface area is 130 Å². The first-order chi connectivity index (χ1) is 10.1. The van der Waals surface area contributed by atoms with E-state index in [0.29, 0.717) is 6.54 Å². The first-order valence-electron chi connectivity index (χ1n) is 6.93. The molecule has 3 nitrogen and oxygen atoms in total. The van der Waals surface area contributed by atoms with Crippen LogP contribution in [0.2, 0.25) is 0 Å². The highest BCUT2D eigenvalue weighted by molar-refractivity contribution is 7.81. The van der Waals surface area contributed by atoms with Crippen LogP contribution < -0.4 is 10.1 Å². The molecule has 1 N–H and O–H groups in total. The number of nitrogens with one attached hydrogen (secondary N) is 1. The molecular formula is C17H19NO2S. The monoisotopic (exact) mass is 301 g/mol. The highest BCUT2D eigenvalue weighted by Gasteiger charge is 2.06. The van der Waals surface area contributed by atoms with Crippen LogP contribution in [0.4, 0.5) is 0 Å². The van der Waals surface area contributed by atoms with Gasteiger partial charge in [0.15, 0.2) is 0 Å². The molecule has 0 saturated carbocycles. The SMILES string of the molecule is CC(S)C(=O)NCCc1ccc(Oc2ccccc2)cc1. The summed E-state index contributed by atoms with van der Waals surface area (Å²) in [4.78, 5) is 11.4. The quantitative estimate of drug-likeness (QED) is 0.802. The number of carbonyl (C=O) groups is 1. The van der Waals surface area contributed by atoms with Crippen LogP contribution in [-0.2, 0) is 11.2 Å². The second kappa shape index (κ2) is 7.74. The highest BCUT2D eigenvalue weighted by Crippen LogP contribution is 2.21. The van der Waals surface area contributed by atoms with Crippen LogP contribution in [0.5, 0.6) is 11.5 Å². The lowest BCUT2D eigenvalue weighted by molar-refractivity contribution is -0.120. The Morgan fingerprint density at radius 3 is 2.33 bits per heavy atom. The molecule has 0 aliphatic rings. The van der Waals surface area contributed by atoms with Crippen molar-refractivity contribution in [2.75, 3.05) is 6.54 Å². The average Bonchev–Trinajstić information content (AvgIpc) is 2.50. The van der Waals surface area contributed by atoms with Crippen molar-refractivity contribution >= 4 is 18.5 Å². The van der Waals surface area contributed by atoms with Crippen molar-refractivity contribution in [2.24, 2.45) is 0 Å². The molecule has 1 atom stereocenters. The smallest absolute Gasteiger partial charge is 0.232 e. The van der Waals surface area contributed by atoms with Crippen molar-refractivity contribution in [1.29, 1.82) is 0 Å². The third-order valence-corrected chi connectivity index (χ3v) is 3.23. The molecule has 0 spiro atoms. The van der Waals surface area contributed by atoms with Gasteiger partial charge < -0.3 is 10.1 Å². The van der Waals surface area contributed by atoms with Gasteiger partial charge in [-0.05, 0) is 43.2 Å². The van der Waals surface area contributed by atoms with Crippen LogP contribution >= 0.6 is 12.6 Å². The number of hydrogen-bond donors (Lipinski definition) is 2. The molecule has 21 heavy (non-hydrogen) atoms. The van der Waals surface area contributed by atoms with Crippen molar-refractivity contribution in [3.63, 3.8) is 0 Å². The first kappa shape index (κ1) is 15.4. The third-order valence-electron chi connectivity index (χ3n) is 2.99. The molecule has 0 radical (unpaired) electrons. The fourth-order valence-corrected chi connectivity index (χ4v) is 1.92. The minimum absolute atomic E-state index is 0.0395. The molecule has 110 valence electrons. The van der Waals surface area contributed by atoms with Gasteiger partial charge in [0.05, 0.1) is 5.25 Å². The zero-order chi connectivity index (χ0) is 15.1.